The second-order valence-corrected chi connectivity index (χ2v) is 8.73. The van der Waals surface area contributed by atoms with Crippen molar-refractivity contribution in [1.29, 1.82) is 0 Å². The number of hydrogen-bond donors (Lipinski definition) is 6. The van der Waals surface area contributed by atoms with Crippen molar-refractivity contribution in [3.8, 4) is 11.3 Å². The number of furan rings is 1. The fourth-order valence-electron chi connectivity index (χ4n) is 4.17. The summed E-state index contributed by atoms with van der Waals surface area (Å²) in [7, 11) is 0. The Kier molecular flexibility index (Phi) is 11.5. The SMILES string of the molecule is CCCCC[C@@H](C(=O)NCNC(=O)c1ccc(-c2ccc(C(=O)O)c(CC(=O)O)c2)o1)[C@@H](CC)C(=O)NO. The number of carboxylic acid groups (broad SMARTS) is 2. The van der Waals surface area contributed by atoms with Crippen molar-refractivity contribution in [2.45, 2.75) is 52.4 Å². The number of aromatic carboxylic acids is 1. The standard InChI is InChI=1S/C26H33N3O9/c1-3-5-6-7-19(17(4-2)24(33)29-37)23(32)27-14-28-25(34)21-11-10-20(38-21)15-8-9-18(26(35)36)16(12-15)13-22(30)31/h8-12,17,19,37H,3-7,13-14H2,1-2H3,(H,27,32)(H,28,34)(H,29,33)(H,30,31)(H,35,36)/t17-,19-/m1/s1. The van der Waals surface area contributed by atoms with Crippen LogP contribution >= 0.6 is 0 Å². The molecule has 0 unspecified atom stereocenters. The van der Waals surface area contributed by atoms with Gasteiger partial charge in [-0.1, -0.05) is 39.2 Å². The molecule has 0 bridgehead atoms. The predicted molar refractivity (Wildman–Crippen MR) is 134 cm³/mol. The Morgan fingerprint density at radius 3 is 2.26 bits per heavy atom. The average Bonchev–Trinajstić information content (AvgIpc) is 3.38. The van der Waals surface area contributed by atoms with Crippen LogP contribution in [0.2, 0.25) is 0 Å². The molecule has 0 aliphatic heterocycles. The minimum atomic E-state index is -1.26. The average molecular weight is 532 g/mol. The molecule has 1 aromatic heterocycles. The van der Waals surface area contributed by atoms with Gasteiger partial charge < -0.3 is 25.3 Å². The topological polar surface area (TPSA) is 195 Å². The minimum Gasteiger partial charge on any atom is -0.481 e. The number of hydrogen-bond acceptors (Lipinski definition) is 7. The largest absolute Gasteiger partial charge is 0.481 e. The summed E-state index contributed by atoms with van der Waals surface area (Å²) < 4.78 is 5.56. The van der Waals surface area contributed by atoms with Crippen LogP contribution in [0.25, 0.3) is 11.3 Å². The van der Waals surface area contributed by atoms with Gasteiger partial charge in [0.05, 0.1) is 24.6 Å². The summed E-state index contributed by atoms with van der Waals surface area (Å²) in [5.74, 6) is -5.42. The smallest absolute Gasteiger partial charge is 0.335 e. The van der Waals surface area contributed by atoms with E-state index in [0.29, 0.717) is 18.4 Å². The molecule has 0 fully saturated rings. The van der Waals surface area contributed by atoms with Crippen LogP contribution in [0.15, 0.2) is 34.7 Å². The van der Waals surface area contributed by atoms with Gasteiger partial charge in [0.1, 0.15) is 5.76 Å². The monoisotopic (exact) mass is 531 g/mol. The van der Waals surface area contributed by atoms with Crippen molar-refractivity contribution in [1.82, 2.24) is 16.1 Å². The van der Waals surface area contributed by atoms with Gasteiger partial charge in [0.15, 0.2) is 5.76 Å². The van der Waals surface area contributed by atoms with Crippen molar-refractivity contribution >= 4 is 29.7 Å². The number of rotatable bonds is 15. The molecule has 0 spiro atoms. The van der Waals surface area contributed by atoms with Crippen LogP contribution in [-0.2, 0) is 20.8 Å². The van der Waals surface area contributed by atoms with Crippen LogP contribution in [-0.4, -0.2) is 51.7 Å². The fraction of sp³-hybridized carbons (Fsp3) is 0.423. The van der Waals surface area contributed by atoms with Gasteiger partial charge in [-0.2, -0.15) is 0 Å². The number of carbonyl (C=O) groups excluding carboxylic acids is 3. The van der Waals surface area contributed by atoms with E-state index in [9.17, 15) is 29.1 Å². The maximum Gasteiger partial charge on any atom is 0.335 e. The molecule has 2 aromatic rings. The van der Waals surface area contributed by atoms with E-state index in [2.05, 4.69) is 10.6 Å². The van der Waals surface area contributed by atoms with Gasteiger partial charge in [0, 0.05) is 11.5 Å². The zero-order valence-corrected chi connectivity index (χ0v) is 21.3. The van der Waals surface area contributed by atoms with Gasteiger partial charge in [-0.25, -0.2) is 10.3 Å². The van der Waals surface area contributed by atoms with Crippen LogP contribution in [0.4, 0.5) is 0 Å². The molecular formula is C26H33N3O9. The molecule has 0 aliphatic carbocycles. The van der Waals surface area contributed by atoms with E-state index in [-0.39, 0.29) is 29.3 Å². The molecular weight excluding hydrogens is 498 g/mol. The lowest BCUT2D eigenvalue weighted by molar-refractivity contribution is -0.140. The molecule has 0 saturated carbocycles. The lowest BCUT2D eigenvalue weighted by Crippen LogP contribution is -2.44. The van der Waals surface area contributed by atoms with Crippen LogP contribution in [0.5, 0.6) is 0 Å². The summed E-state index contributed by atoms with van der Waals surface area (Å²) in [6.45, 7) is 3.53. The lowest BCUT2D eigenvalue weighted by Gasteiger charge is -2.24. The maximum atomic E-state index is 12.8. The molecule has 0 radical (unpaired) electrons. The highest BCUT2D eigenvalue weighted by Crippen LogP contribution is 2.26. The third-order valence-corrected chi connectivity index (χ3v) is 6.13. The summed E-state index contributed by atoms with van der Waals surface area (Å²) in [5.41, 5.74) is 1.94. The van der Waals surface area contributed by atoms with Crippen molar-refractivity contribution in [3.63, 3.8) is 0 Å². The van der Waals surface area contributed by atoms with Crippen molar-refractivity contribution < 1.29 is 43.8 Å². The van der Waals surface area contributed by atoms with E-state index in [1.165, 1.54) is 30.3 Å². The Hall–Kier alpha value is -4.19. The first kappa shape index (κ1) is 30.0. The predicted octanol–water partition coefficient (Wildman–Crippen LogP) is 2.80. The Balaban J connectivity index is 2.06. The maximum absolute atomic E-state index is 12.8. The first-order valence-electron chi connectivity index (χ1n) is 12.3. The van der Waals surface area contributed by atoms with Gasteiger partial charge >= 0.3 is 11.9 Å². The van der Waals surface area contributed by atoms with Gasteiger partial charge in [-0.3, -0.25) is 24.4 Å². The van der Waals surface area contributed by atoms with Gasteiger partial charge in [0.25, 0.3) is 5.91 Å². The number of benzene rings is 1. The van der Waals surface area contributed by atoms with E-state index < -0.39 is 47.9 Å². The lowest BCUT2D eigenvalue weighted by atomic mass is 9.84. The molecule has 1 aromatic carbocycles. The molecule has 38 heavy (non-hydrogen) atoms. The Morgan fingerprint density at radius 2 is 1.66 bits per heavy atom. The van der Waals surface area contributed by atoms with E-state index in [0.717, 1.165) is 19.3 Å². The molecule has 0 aliphatic rings. The highest BCUT2D eigenvalue weighted by Gasteiger charge is 2.32. The molecule has 12 nitrogen and oxygen atoms in total. The summed E-state index contributed by atoms with van der Waals surface area (Å²) in [6, 6.07) is 6.97. The Labute approximate surface area is 219 Å². The van der Waals surface area contributed by atoms with Crippen LogP contribution in [0.3, 0.4) is 0 Å². The minimum absolute atomic E-state index is 0.0815. The first-order valence-corrected chi connectivity index (χ1v) is 12.3. The third-order valence-electron chi connectivity index (χ3n) is 6.13. The van der Waals surface area contributed by atoms with Crippen molar-refractivity contribution in [3.05, 3.63) is 47.2 Å². The van der Waals surface area contributed by atoms with E-state index >= 15 is 0 Å². The second-order valence-electron chi connectivity index (χ2n) is 8.73. The van der Waals surface area contributed by atoms with Crippen molar-refractivity contribution in [2.24, 2.45) is 11.8 Å². The second kappa shape index (κ2) is 14.5. The Morgan fingerprint density at radius 1 is 0.921 bits per heavy atom. The van der Waals surface area contributed by atoms with Gasteiger partial charge in [-0.15, -0.1) is 0 Å². The number of carbonyl (C=O) groups is 5. The molecule has 2 atom stereocenters. The Bertz CT molecular complexity index is 1160. The summed E-state index contributed by atoms with van der Waals surface area (Å²) in [4.78, 5) is 59.9. The van der Waals surface area contributed by atoms with E-state index in [1.807, 2.05) is 6.92 Å². The van der Waals surface area contributed by atoms with Gasteiger partial charge in [-0.05, 0) is 42.7 Å². The summed E-state index contributed by atoms with van der Waals surface area (Å²) in [6.07, 6.45) is 2.85. The summed E-state index contributed by atoms with van der Waals surface area (Å²) in [5, 5.41) is 32.5. The van der Waals surface area contributed by atoms with Crippen molar-refractivity contribution in [2.75, 3.05) is 6.67 Å². The molecule has 3 amide bonds. The number of carboxylic acids is 2. The number of aliphatic carboxylic acids is 1. The fourth-order valence-corrected chi connectivity index (χ4v) is 4.17. The van der Waals surface area contributed by atoms with Gasteiger partial charge in [0.2, 0.25) is 11.8 Å². The first-order chi connectivity index (χ1) is 18.1. The molecule has 12 heteroatoms. The molecule has 0 saturated heterocycles. The number of hydroxylamine groups is 1. The molecule has 6 N–H and O–H groups in total. The van der Waals surface area contributed by atoms with E-state index in [1.54, 1.807) is 12.4 Å². The van der Waals surface area contributed by atoms with E-state index in [4.69, 9.17) is 14.7 Å². The molecule has 1 heterocycles. The quantitative estimate of drug-likeness (QED) is 0.0866. The van der Waals surface area contributed by atoms with Crippen LogP contribution in [0, 0.1) is 11.8 Å². The number of amides is 3. The zero-order valence-electron chi connectivity index (χ0n) is 21.3. The third kappa shape index (κ3) is 8.17. The van der Waals surface area contributed by atoms with Crippen LogP contribution < -0.4 is 16.1 Å². The van der Waals surface area contributed by atoms with Crippen LogP contribution in [0.1, 0.15) is 72.4 Å². The molecule has 206 valence electrons. The normalized spacial score (nSPS) is 12.3. The number of unbranched alkanes of at least 4 members (excludes halogenated alkanes) is 2. The molecule has 2 rings (SSSR count). The zero-order chi connectivity index (χ0) is 28.2. The highest BCUT2D eigenvalue weighted by atomic mass is 16.5. The highest BCUT2D eigenvalue weighted by molar-refractivity contribution is 5.93. The number of nitrogens with one attached hydrogen (secondary N) is 3. The summed E-state index contributed by atoms with van der Waals surface area (Å²) >= 11 is 0.